The number of rotatable bonds is 2. The maximum absolute atomic E-state index is 10.2. The molecule has 0 aliphatic carbocycles. The van der Waals surface area contributed by atoms with Crippen molar-refractivity contribution in [2.75, 3.05) is 0 Å². The Balaban J connectivity index is 2.67. The van der Waals surface area contributed by atoms with Gasteiger partial charge in [0.05, 0.1) is 12.1 Å². The largest absolute Gasteiger partial charge is 0.388 e. The molecule has 1 aliphatic rings. The molecule has 11 heavy (non-hydrogen) atoms. The molecule has 1 rings (SSSR count). The zero-order valence-corrected chi connectivity index (χ0v) is 5.68. The van der Waals surface area contributed by atoms with Gasteiger partial charge in [0, 0.05) is 0 Å². The Hall–Kier alpha value is -0.780. The van der Waals surface area contributed by atoms with Crippen molar-refractivity contribution >= 4 is 12.6 Å². The summed E-state index contributed by atoms with van der Waals surface area (Å²) in [5.74, 6) is 0. The van der Waals surface area contributed by atoms with Gasteiger partial charge >= 0.3 is 0 Å². The Labute approximate surface area is 63.0 Å². The molecule has 0 aromatic carbocycles. The maximum atomic E-state index is 10.2. The smallest absolute Gasteiger partial charge is 0.139 e. The van der Waals surface area contributed by atoms with Crippen molar-refractivity contribution in [2.45, 2.75) is 24.3 Å². The van der Waals surface area contributed by atoms with Gasteiger partial charge in [-0.15, -0.1) is 0 Å². The van der Waals surface area contributed by atoms with E-state index in [2.05, 4.69) is 5.32 Å². The molecule has 1 saturated heterocycles. The summed E-state index contributed by atoms with van der Waals surface area (Å²) < 4.78 is 0. The molecule has 0 radical (unpaired) electrons. The van der Waals surface area contributed by atoms with Gasteiger partial charge in [-0.05, 0) is 0 Å². The highest BCUT2D eigenvalue weighted by molar-refractivity contribution is 5.66. The quantitative estimate of drug-likeness (QED) is 0.386. The first kappa shape index (κ1) is 8.32. The van der Waals surface area contributed by atoms with Crippen LogP contribution in [0, 0.1) is 0 Å². The standard InChI is InChI=1S/C6H9NO4/c8-1-3-5(10)6(11)4(2-9)7-3/h1-7,10-11H/t3-,4-,5+,6+/m1/s1. The molecule has 4 atom stereocenters. The predicted octanol–water partition coefficient (Wildman–Crippen LogP) is -2.55. The lowest BCUT2D eigenvalue weighted by molar-refractivity contribution is -0.112. The first-order valence-corrected chi connectivity index (χ1v) is 3.23. The van der Waals surface area contributed by atoms with E-state index in [1.807, 2.05) is 0 Å². The van der Waals surface area contributed by atoms with E-state index in [1.54, 1.807) is 0 Å². The Kier molecular flexibility index (Phi) is 2.33. The highest BCUT2D eigenvalue weighted by Crippen LogP contribution is 2.10. The fourth-order valence-corrected chi connectivity index (χ4v) is 1.08. The molecule has 5 nitrogen and oxygen atoms in total. The third-order valence-electron chi connectivity index (χ3n) is 1.76. The van der Waals surface area contributed by atoms with Crippen molar-refractivity contribution in [3.8, 4) is 0 Å². The van der Waals surface area contributed by atoms with Gasteiger partial charge in [-0.25, -0.2) is 0 Å². The number of hydrogen-bond acceptors (Lipinski definition) is 5. The van der Waals surface area contributed by atoms with Crippen LogP contribution < -0.4 is 5.32 Å². The van der Waals surface area contributed by atoms with Gasteiger partial charge < -0.3 is 19.8 Å². The number of carbonyl (C=O) groups is 2. The van der Waals surface area contributed by atoms with Crippen molar-refractivity contribution < 1.29 is 19.8 Å². The summed E-state index contributed by atoms with van der Waals surface area (Å²) in [6.45, 7) is 0. The van der Waals surface area contributed by atoms with E-state index in [1.165, 1.54) is 0 Å². The molecule has 1 fully saturated rings. The van der Waals surface area contributed by atoms with Gasteiger partial charge in [0.2, 0.25) is 0 Å². The number of hydrogen-bond donors (Lipinski definition) is 3. The number of carbonyl (C=O) groups excluding carboxylic acids is 2. The zero-order valence-electron chi connectivity index (χ0n) is 5.68. The van der Waals surface area contributed by atoms with Crippen LogP contribution in [0.2, 0.25) is 0 Å². The van der Waals surface area contributed by atoms with E-state index in [9.17, 15) is 9.59 Å². The predicted molar refractivity (Wildman–Crippen MR) is 34.9 cm³/mol. The number of aldehydes is 2. The summed E-state index contributed by atoms with van der Waals surface area (Å²) in [4.78, 5) is 20.4. The molecule has 1 heterocycles. The third-order valence-corrected chi connectivity index (χ3v) is 1.76. The molecule has 1 aliphatic heterocycles. The van der Waals surface area contributed by atoms with E-state index in [0.717, 1.165) is 0 Å². The molecule has 0 saturated carbocycles. The van der Waals surface area contributed by atoms with Crippen molar-refractivity contribution in [3.63, 3.8) is 0 Å². The van der Waals surface area contributed by atoms with Gasteiger partial charge in [-0.2, -0.15) is 0 Å². The van der Waals surface area contributed by atoms with E-state index in [4.69, 9.17) is 10.2 Å². The van der Waals surface area contributed by atoms with Crippen LogP contribution in [0.3, 0.4) is 0 Å². The lowest BCUT2D eigenvalue weighted by Gasteiger charge is -2.08. The Morgan fingerprint density at radius 3 is 1.55 bits per heavy atom. The van der Waals surface area contributed by atoms with Crippen LogP contribution in [0.4, 0.5) is 0 Å². The minimum Gasteiger partial charge on any atom is -0.388 e. The first-order chi connectivity index (χ1) is 5.20. The van der Waals surface area contributed by atoms with E-state index >= 15 is 0 Å². The molecule has 3 N–H and O–H groups in total. The van der Waals surface area contributed by atoms with Crippen LogP contribution in [0.25, 0.3) is 0 Å². The third kappa shape index (κ3) is 1.30. The average molecular weight is 159 g/mol. The molecule has 0 amide bonds. The van der Waals surface area contributed by atoms with Gasteiger partial charge in [0.1, 0.15) is 24.8 Å². The topological polar surface area (TPSA) is 86.6 Å². The second kappa shape index (κ2) is 3.08. The molecule has 5 heteroatoms. The second-order valence-electron chi connectivity index (χ2n) is 2.47. The number of aliphatic hydroxyl groups excluding tert-OH is 2. The Morgan fingerprint density at radius 2 is 1.36 bits per heavy atom. The van der Waals surface area contributed by atoms with Crippen molar-refractivity contribution in [3.05, 3.63) is 0 Å². The van der Waals surface area contributed by atoms with E-state index in [-0.39, 0.29) is 0 Å². The van der Waals surface area contributed by atoms with Gasteiger partial charge in [0.15, 0.2) is 0 Å². The lowest BCUT2D eigenvalue weighted by Crippen LogP contribution is -2.35. The maximum Gasteiger partial charge on any atom is 0.139 e. The summed E-state index contributed by atoms with van der Waals surface area (Å²) in [6.07, 6.45) is -1.42. The van der Waals surface area contributed by atoms with Crippen LogP contribution in [-0.4, -0.2) is 47.1 Å². The molecule has 0 bridgehead atoms. The van der Waals surface area contributed by atoms with Crippen molar-refractivity contribution in [1.82, 2.24) is 5.32 Å². The molecule has 0 unspecified atom stereocenters. The summed E-state index contributed by atoms with van der Waals surface area (Å²) in [7, 11) is 0. The van der Waals surface area contributed by atoms with Crippen LogP contribution in [0.5, 0.6) is 0 Å². The average Bonchev–Trinajstić information content (AvgIpc) is 2.30. The highest BCUT2D eigenvalue weighted by Gasteiger charge is 2.40. The van der Waals surface area contributed by atoms with Crippen molar-refractivity contribution in [1.29, 1.82) is 0 Å². The fourth-order valence-electron chi connectivity index (χ4n) is 1.08. The Morgan fingerprint density at radius 1 is 1.00 bits per heavy atom. The molecular weight excluding hydrogens is 150 g/mol. The monoisotopic (exact) mass is 159 g/mol. The molecule has 0 aromatic rings. The van der Waals surface area contributed by atoms with Gasteiger partial charge in [-0.3, -0.25) is 5.32 Å². The van der Waals surface area contributed by atoms with Crippen LogP contribution in [0.1, 0.15) is 0 Å². The SMILES string of the molecule is O=C[C@H]1N[C@H](C=O)[C@H](O)[C@H]1O. The van der Waals surface area contributed by atoms with Crippen LogP contribution >= 0.6 is 0 Å². The minimum atomic E-state index is -1.18. The minimum absolute atomic E-state index is 0.470. The lowest BCUT2D eigenvalue weighted by atomic mass is 10.1. The molecule has 0 spiro atoms. The summed E-state index contributed by atoms with van der Waals surface area (Å²) in [5, 5.41) is 20.6. The van der Waals surface area contributed by atoms with Crippen molar-refractivity contribution in [2.24, 2.45) is 0 Å². The summed E-state index contributed by atoms with van der Waals surface area (Å²) >= 11 is 0. The highest BCUT2D eigenvalue weighted by atomic mass is 16.3. The van der Waals surface area contributed by atoms with Gasteiger partial charge in [0.25, 0.3) is 0 Å². The van der Waals surface area contributed by atoms with Crippen LogP contribution in [-0.2, 0) is 9.59 Å². The number of aliphatic hydroxyl groups is 2. The van der Waals surface area contributed by atoms with E-state index < -0.39 is 24.3 Å². The molecule has 0 aromatic heterocycles. The fraction of sp³-hybridized carbons (Fsp3) is 0.667. The zero-order chi connectivity index (χ0) is 8.43. The van der Waals surface area contributed by atoms with E-state index in [0.29, 0.717) is 12.6 Å². The normalized spacial score (nSPS) is 43.8. The number of nitrogens with one attached hydrogen (secondary N) is 1. The van der Waals surface area contributed by atoms with Crippen LogP contribution in [0.15, 0.2) is 0 Å². The second-order valence-corrected chi connectivity index (χ2v) is 2.47. The summed E-state index contributed by atoms with van der Waals surface area (Å²) in [6, 6.07) is -1.67. The first-order valence-electron chi connectivity index (χ1n) is 3.23. The Bertz CT molecular complexity index is 154. The van der Waals surface area contributed by atoms with Gasteiger partial charge in [-0.1, -0.05) is 0 Å². The summed E-state index contributed by atoms with van der Waals surface area (Å²) in [5.41, 5.74) is 0. The molecule has 62 valence electrons. The molecular formula is C6H9NO4.